The lowest BCUT2D eigenvalue weighted by Gasteiger charge is -2.28. The number of nitrogens with zero attached hydrogens (tertiary/aromatic N) is 2. The third-order valence-electron chi connectivity index (χ3n) is 3.12. The van der Waals surface area contributed by atoms with Crippen LogP contribution in [0.2, 0.25) is 0 Å². The SMILES string of the molecule is CN1CCC(Cc2ccc(Br)cn2)CC1. The Morgan fingerprint density at radius 1 is 1.40 bits per heavy atom. The maximum atomic E-state index is 4.43. The highest BCUT2D eigenvalue weighted by Crippen LogP contribution is 2.20. The van der Waals surface area contributed by atoms with E-state index in [0.717, 1.165) is 16.8 Å². The van der Waals surface area contributed by atoms with Crippen molar-refractivity contribution in [2.24, 2.45) is 5.92 Å². The van der Waals surface area contributed by atoms with Crippen LogP contribution in [0, 0.1) is 5.92 Å². The summed E-state index contributed by atoms with van der Waals surface area (Å²) in [6.07, 6.45) is 5.66. The van der Waals surface area contributed by atoms with E-state index in [1.807, 2.05) is 6.20 Å². The predicted octanol–water partition coefficient (Wildman–Crippen LogP) is 2.73. The van der Waals surface area contributed by atoms with Gasteiger partial charge in [0.15, 0.2) is 0 Å². The Morgan fingerprint density at radius 3 is 2.73 bits per heavy atom. The molecule has 15 heavy (non-hydrogen) atoms. The van der Waals surface area contributed by atoms with E-state index >= 15 is 0 Å². The first-order valence-corrected chi connectivity index (χ1v) is 6.32. The van der Waals surface area contributed by atoms with Crippen molar-refractivity contribution in [2.75, 3.05) is 20.1 Å². The molecule has 2 nitrogen and oxygen atoms in total. The molecule has 1 saturated heterocycles. The molecule has 0 radical (unpaired) electrons. The molecule has 3 heteroatoms. The molecule has 0 unspecified atom stereocenters. The molecular formula is C12H17BrN2. The van der Waals surface area contributed by atoms with Crippen LogP contribution >= 0.6 is 15.9 Å². The molecule has 0 spiro atoms. The van der Waals surface area contributed by atoms with E-state index in [0.29, 0.717) is 0 Å². The topological polar surface area (TPSA) is 16.1 Å². The van der Waals surface area contributed by atoms with E-state index in [9.17, 15) is 0 Å². The van der Waals surface area contributed by atoms with Gasteiger partial charge in [0.2, 0.25) is 0 Å². The summed E-state index contributed by atoms with van der Waals surface area (Å²) < 4.78 is 1.06. The Bertz CT molecular complexity index is 302. The minimum atomic E-state index is 0.829. The third-order valence-corrected chi connectivity index (χ3v) is 3.59. The minimum absolute atomic E-state index is 0.829. The zero-order chi connectivity index (χ0) is 10.7. The Morgan fingerprint density at radius 2 is 2.13 bits per heavy atom. The molecule has 1 aliphatic rings. The summed E-state index contributed by atoms with van der Waals surface area (Å²) in [5.74, 6) is 0.829. The van der Waals surface area contributed by atoms with E-state index in [1.54, 1.807) is 0 Å². The number of hydrogen-bond donors (Lipinski definition) is 0. The first-order valence-electron chi connectivity index (χ1n) is 5.53. The van der Waals surface area contributed by atoms with Crippen LogP contribution in [0.1, 0.15) is 18.5 Å². The Balaban J connectivity index is 1.89. The smallest absolute Gasteiger partial charge is 0.0413 e. The number of likely N-dealkylation sites (tertiary alicyclic amines) is 1. The first-order chi connectivity index (χ1) is 7.24. The van der Waals surface area contributed by atoms with E-state index in [2.05, 4.69) is 45.0 Å². The van der Waals surface area contributed by atoms with E-state index in [4.69, 9.17) is 0 Å². The van der Waals surface area contributed by atoms with Crippen molar-refractivity contribution < 1.29 is 0 Å². The van der Waals surface area contributed by atoms with Crippen molar-refractivity contribution in [2.45, 2.75) is 19.3 Å². The van der Waals surface area contributed by atoms with Gasteiger partial charge in [-0.05, 0) is 73.4 Å². The highest BCUT2D eigenvalue weighted by Gasteiger charge is 2.17. The molecule has 0 N–H and O–H groups in total. The van der Waals surface area contributed by atoms with Crippen molar-refractivity contribution >= 4 is 15.9 Å². The fraction of sp³-hybridized carbons (Fsp3) is 0.583. The number of aromatic nitrogens is 1. The van der Waals surface area contributed by atoms with Gasteiger partial charge in [-0.25, -0.2) is 0 Å². The van der Waals surface area contributed by atoms with Crippen LogP contribution in [0.25, 0.3) is 0 Å². The Hall–Kier alpha value is -0.410. The lowest BCUT2D eigenvalue weighted by atomic mass is 9.92. The zero-order valence-electron chi connectivity index (χ0n) is 9.12. The quantitative estimate of drug-likeness (QED) is 0.820. The maximum Gasteiger partial charge on any atom is 0.0413 e. The molecule has 1 aliphatic heterocycles. The largest absolute Gasteiger partial charge is 0.306 e. The molecule has 1 aromatic rings. The zero-order valence-corrected chi connectivity index (χ0v) is 10.7. The normalized spacial score (nSPS) is 19.3. The van der Waals surface area contributed by atoms with Crippen LogP contribution in [0.4, 0.5) is 0 Å². The summed E-state index contributed by atoms with van der Waals surface area (Å²) in [5.41, 5.74) is 1.23. The van der Waals surface area contributed by atoms with Gasteiger partial charge in [-0.3, -0.25) is 4.98 Å². The van der Waals surface area contributed by atoms with Gasteiger partial charge < -0.3 is 4.90 Å². The van der Waals surface area contributed by atoms with E-state index in [-0.39, 0.29) is 0 Å². The number of piperidine rings is 1. The Kier molecular flexibility index (Phi) is 3.76. The second-order valence-electron chi connectivity index (χ2n) is 4.42. The number of rotatable bonds is 2. The molecule has 2 rings (SSSR count). The molecule has 1 fully saturated rings. The summed E-state index contributed by atoms with van der Waals surface area (Å²) in [6.45, 7) is 2.47. The van der Waals surface area contributed by atoms with Crippen molar-refractivity contribution in [1.82, 2.24) is 9.88 Å². The maximum absolute atomic E-state index is 4.43. The molecule has 0 aliphatic carbocycles. The summed E-state index contributed by atoms with van der Waals surface area (Å²) >= 11 is 3.41. The number of pyridine rings is 1. The molecule has 0 bridgehead atoms. The van der Waals surface area contributed by atoms with Gasteiger partial charge >= 0.3 is 0 Å². The van der Waals surface area contributed by atoms with Gasteiger partial charge in [0.25, 0.3) is 0 Å². The third kappa shape index (κ3) is 3.28. The second-order valence-corrected chi connectivity index (χ2v) is 5.33. The van der Waals surface area contributed by atoms with Crippen molar-refractivity contribution in [3.63, 3.8) is 0 Å². The average molecular weight is 269 g/mol. The van der Waals surface area contributed by atoms with Gasteiger partial charge in [-0.1, -0.05) is 0 Å². The van der Waals surface area contributed by atoms with Crippen molar-refractivity contribution in [3.8, 4) is 0 Å². The van der Waals surface area contributed by atoms with Crippen LogP contribution in [0.15, 0.2) is 22.8 Å². The average Bonchev–Trinajstić information content (AvgIpc) is 2.25. The van der Waals surface area contributed by atoms with Crippen LogP contribution in [0.3, 0.4) is 0 Å². The summed E-state index contributed by atoms with van der Waals surface area (Å²) in [5, 5.41) is 0. The van der Waals surface area contributed by atoms with Gasteiger partial charge in [0.05, 0.1) is 0 Å². The molecule has 0 amide bonds. The molecule has 0 aromatic carbocycles. The van der Waals surface area contributed by atoms with Crippen LogP contribution in [0.5, 0.6) is 0 Å². The van der Waals surface area contributed by atoms with Crippen molar-refractivity contribution in [1.29, 1.82) is 0 Å². The number of hydrogen-bond acceptors (Lipinski definition) is 2. The predicted molar refractivity (Wildman–Crippen MR) is 65.9 cm³/mol. The standard InChI is InChI=1S/C12H17BrN2/c1-15-6-4-10(5-7-15)8-12-3-2-11(13)9-14-12/h2-3,9-10H,4-8H2,1H3. The van der Waals surface area contributed by atoms with Crippen LogP contribution in [-0.4, -0.2) is 30.0 Å². The van der Waals surface area contributed by atoms with Crippen LogP contribution in [-0.2, 0) is 6.42 Å². The van der Waals surface area contributed by atoms with Gasteiger partial charge in [0, 0.05) is 16.4 Å². The number of halogens is 1. The van der Waals surface area contributed by atoms with E-state index in [1.165, 1.54) is 31.6 Å². The van der Waals surface area contributed by atoms with Crippen LogP contribution < -0.4 is 0 Å². The van der Waals surface area contributed by atoms with Gasteiger partial charge in [0.1, 0.15) is 0 Å². The van der Waals surface area contributed by atoms with E-state index < -0.39 is 0 Å². The summed E-state index contributed by atoms with van der Waals surface area (Å²) in [4.78, 5) is 6.84. The molecule has 0 saturated carbocycles. The molecular weight excluding hydrogens is 252 g/mol. The Labute approximate surface area is 99.8 Å². The van der Waals surface area contributed by atoms with Gasteiger partial charge in [-0.2, -0.15) is 0 Å². The highest BCUT2D eigenvalue weighted by atomic mass is 79.9. The molecule has 2 heterocycles. The lowest BCUT2D eigenvalue weighted by Crippen LogP contribution is -2.31. The fourth-order valence-corrected chi connectivity index (χ4v) is 2.32. The summed E-state index contributed by atoms with van der Waals surface area (Å²) in [7, 11) is 2.20. The molecule has 1 aromatic heterocycles. The minimum Gasteiger partial charge on any atom is -0.306 e. The van der Waals surface area contributed by atoms with Crippen molar-refractivity contribution in [3.05, 3.63) is 28.5 Å². The van der Waals surface area contributed by atoms with Gasteiger partial charge in [-0.15, -0.1) is 0 Å². The molecule has 82 valence electrons. The highest BCUT2D eigenvalue weighted by molar-refractivity contribution is 9.10. The first kappa shape index (κ1) is 11.1. The monoisotopic (exact) mass is 268 g/mol. The summed E-state index contributed by atoms with van der Waals surface area (Å²) in [6, 6.07) is 4.21. The second kappa shape index (κ2) is 5.08. The fourth-order valence-electron chi connectivity index (χ4n) is 2.09. The molecule has 0 atom stereocenters. The lowest BCUT2D eigenvalue weighted by molar-refractivity contribution is 0.218.